The number of halogens is 2. The van der Waals surface area contributed by atoms with Gasteiger partial charge in [-0.05, 0) is 36.1 Å². The van der Waals surface area contributed by atoms with E-state index >= 15 is 0 Å². The Labute approximate surface area is 123 Å². The van der Waals surface area contributed by atoms with E-state index in [1.165, 1.54) is 11.6 Å². The number of alkyl halides is 1. The maximum absolute atomic E-state index is 13.1. The lowest BCUT2D eigenvalue weighted by atomic mass is 9.99. The van der Waals surface area contributed by atoms with Crippen LogP contribution >= 0.6 is 11.6 Å². The average molecular weight is 294 g/mol. The van der Waals surface area contributed by atoms with Crippen molar-refractivity contribution >= 4 is 11.6 Å². The highest BCUT2D eigenvalue weighted by Crippen LogP contribution is 2.27. The van der Waals surface area contributed by atoms with Gasteiger partial charge in [0.2, 0.25) is 5.88 Å². The molecule has 0 amide bonds. The maximum atomic E-state index is 13.1. The van der Waals surface area contributed by atoms with Crippen molar-refractivity contribution in [1.29, 1.82) is 0 Å². The van der Waals surface area contributed by atoms with Crippen molar-refractivity contribution in [3.05, 3.63) is 53.5 Å². The standard InChI is InChI=1S/C16H17ClFNO/c1-3-11(2)12-4-6-15(7-5-12)20-16-13(9-17)8-14(18)10-19-16/h4-8,10-11H,3,9H2,1-2H3. The van der Waals surface area contributed by atoms with Crippen molar-refractivity contribution in [2.45, 2.75) is 32.1 Å². The Morgan fingerprint density at radius 2 is 2.00 bits per heavy atom. The van der Waals surface area contributed by atoms with Crippen LogP contribution in [0.3, 0.4) is 0 Å². The highest BCUT2D eigenvalue weighted by molar-refractivity contribution is 6.17. The topological polar surface area (TPSA) is 22.1 Å². The van der Waals surface area contributed by atoms with Gasteiger partial charge in [0, 0.05) is 5.56 Å². The van der Waals surface area contributed by atoms with Gasteiger partial charge in [0.25, 0.3) is 0 Å². The molecule has 0 fully saturated rings. The van der Waals surface area contributed by atoms with Crippen LogP contribution in [-0.2, 0) is 5.88 Å². The second kappa shape index (κ2) is 6.71. The monoisotopic (exact) mass is 293 g/mol. The van der Waals surface area contributed by atoms with E-state index in [-0.39, 0.29) is 5.88 Å². The van der Waals surface area contributed by atoms with Gasteiger partial charge >= 0.3 is 0 Å². The fraction of sp³-hybridized carbons (Fsp3) is 0.312. The molecule has 0 aliphatic rings. The Bertz CT molecular complexity index is 571. The number of hydrogen-bond acceptors (Lipinski definition) is 2. The van der Waals surface area contributed by atoms with Crippen LogP contribution in [-0.4, -0.2) is 4.98 Å². The van der Waals surface area contributed by atoms with Crippen LogP contribution in [0, 0.1) is 5.82 Å². The zero-order valence-corrected chi connectivity index (χ0v) is 12.3. The van der Waals surface area contributed by atoms with E-state index in [4.69, 9.17) is 16.3 Å². The van der Waals surface area contributed by atoms with Gasteiger partial charge in [0.1, 0.15) is 11.6 Å². The molecule has 0 N–H and O–H groups in total. The molecule has 1 aromatic heterocycles. The summed E-state index contributed by atoms with van der Waals surface area (Å²) in [6, 6.07) is 9.19. The van der Waals surface area contributed by atoms with Crippen LogP contribution in [0.1, 0.15) is 37.3 Å². The molecule has 0 saturated carbocycles. The molecule has 1 atom stereocenters. The molecule has 0 saturated heterocycles. The van der Waals surface area contributed by atoms with Crippen molar-refractivity contribution < 1.29 is 9.13 Å². The van der Waals surface area contributed by atoms with Gasteiger partial charge in [-0.15, -0.1) is 11.6 Å². The third-order valence-corrected chi connectivity index (χ3v) is 3.60. The predicted octanol–water partition coefficient (Wildman–Crippen LogP) is 5.27. The van der Waals surface area contributed by atoms with Gasteiger partial charge in [-0.2, -0.15) is 0 Å². The minimum absolute atomic E-state index is 0.158. The van der Waals surface area contributed by atoms with E-state index in [1.807, 2.05) is 24.3 Å². The van der Waals surface area contributed by atoms with E-state index < -0.39 is 5.82 Å². The van der Waals surface area contributed by atoms with E-state index in [1.54, 1.807) is 0 Å². The minimum atomic E-state index is -0.417. The summed E-state index contributed by atoms with van der Waals surface area (Å²) in [5.74, 6) is 1.28. The summed E-state index contributed by atoms with van der Waals surface area (Å²) in [5.41, 5.74) is 1.81. The van der Waals surface area contributed by atoms with Crippen LogP contribution in [0.15, 0.2) is 36.5 Å². The number of aromatic nitrogens is 1. The van der Waals surface area contributed by atoms with Gasteiger partial charge in [0.05, 0.1) is 12.1 Å². The summed E-state index contributed by atoms with van der Waals surface area (Å²) in [6.07, 6.45) is 2.22. The molecule has 0 radical (unpaired) electrons. The molecule has 1 unspecified atom stereocenters. The highest BCUT2D eigenvalue weighted by Gasteiger charge is 2.08. The second-order valence-corrected chi connectivity index (χ2v) is 5.00. The fourth-order valence-corrected chi connectivity index (χ4v) is 2.06. The van der Waals surface area contributed by atoms with Crippen LogP contribution in [0.5, 0.6) is 11.6 Å². The van der Waals surface area contributed by atoms with E-state index in [2.05, 4.69) is 18.8 Å². The molecule has 106 valence electrons. The molecule has 1 aromatic carbocycles. The van der Waals surface area contributed by atoms with Gasteiger partial charge in [-0.1, -0.05) is 26.0 Å². The average Bonchev–Trinajstić information content (AvgIpc) is 2.49. The van der Waals surface area contributed by atoms with Crippen molar-refractivity contribution in [3.8, 4) is 11.6 Å². The number of ether oxygens (including phenoxy) is 1. The first-order chi connectivity index (χ1) is 9.63. The van der Waals surface area contributed by atoms with Crippen LogP contribution in [0.2, 0.25) is 0 Å². The third kappa shape index (κ3) is 3.48. The van der Waals surface area contributed by atoms with Crippen LogP contribution in [0.25, 0.3) is 0 Å². The molecule has 2 nitrogen and oxygen atoms in total. The zero-order valence-electron chi connectivity index (χ0n) is 11.6. The molecule has 0 spiro atoms. The number of nitrogens with zero attached hydrogens (tertiary/aromatic N) is 1. The van der Waals surface area contributed by atoms with Gasteiger partial charge < -0.3 is 4.74 Å². The Morgan fingerprint density at radius 3 is 2.60 bits per heavy atom. The molecule has 0 bridgehead atoms. The van der Waals surface area contributed by atoms with Crippen LogP contribution < -0.4 is 4.74 Å². The lowest BCUT2D eigenvalue weighted by Gasteiger charge is -2.11. The zero-order chi connectivity index (χ0) is 14.5. The molecule has 4 heteroatoms. The largest absolute Gasteiger partial charge is 0.439 e. The normalized spacial score (nSPS) is 12.2. The Hall–Kier alpha value is -1.61. The minimum Gasteiger partial charge on any atom is -0.439 e. The quantitative estimate of drug-likeness (QED) is 0.701. The first-order valence-electron chi connectivity index (χ1n) is 6.62. The molecule has 20 heavy (non-hydrogen) atoms. The highest BCUT2D eigenvalue weighted by atomic mass is 35.5. The van der Waals surface area contributed by atoms with E-state index in [0.717, 1.165) is 12.6 Å². The molecule has 2 aromatic rings. The molecule has 0 aliphatic heterocycles. The maximum Gasteiger partial charge on any atom is 0.223 e. The van der Waals surface area contributed by atoms with Gasteiger partial charge in [0.15, 0.2) is 0 Å². The number of pyridine rings is 1. The summed E-state index contributed by atoms with van der Waals surface area (Å²) < 4.78 is 18.7. The lowest BCUT2D eigenvalue weighted by Crippen LogP contribution is -1.95. The first kappa shape index (κ1) is 14.8. The fourth-order valence-electron chi connectivity index (χ4n) is 1.87. The first-order valence-corrected chi connectivity index (χ1v) is 7.15. The summed E-state index contributed by atoms with van der Waals surface area (Å²) in [4.78, 5) is 3.94. The Balaban J connectivity index is 2.18. The van der Waals surface area contributed by atoms with Crippen molar-refractivity contribution in [3.63, 3.8) is 0 Å². The number of rotatable bonds is 5. The summed E-state index contributed by atoms with van der Waals surface area (Å²) in [7, 11) is 0. The molecule has 0 aliphatic carbocycles. The van der Waals surface area contributed by atoms with E-state index in [9.17, 15) is 4.39 Å². The smallest absolute Gasteiger partial charge is 0.223 e. The van der Waals surface area contributed by atoms with Crippen molar-refractivity contribution in [2.24, 2.45) is 0 Å². The third-order valence-electron chi connectivity index (χ3n) is 3.31. The predicted molar refractivity (Wildman–Crippen MR) is 79.0 cm³/mol. The van der Waals surface area contributed by atoms with Crippen molar-refractivity contribution in [2.75, 3.05) is 0 Å². The second-order valence-electron chi connectivity index (χ2n) is 4.73. The molecular formula is C16H17ClFNO. The summed E-state index contributed by atoms with van der Waals surface area (Å²) >= 11 is 5.77. The Kier molecular flexibility index (Phi) is 4.96. The lowest BCUT2D eigenvalue weighted by molar-refractivity contribution is 0.454. The van der Waals surface area contributed by atoms with Gasteiger partial charge in [-0.3, -0.25) is 0 Å². The van der Waals surface area contributed by atoms with Crippen LogP contribution in [0.4, 0.5) is 4.39 Å². The van der Waals surface area contributed by atoms with E-state index in [0.29, 0.717) is 23.1 Å². The van der Waals surface area contributed by atoms with Gasteiger partial charge in [-0.25, -0.2) is 9.37 Å². The van der Waals surface area contributed by atoms with Crippen molar-refractivity contribution in [1.82, 2.24) is 4.98 Å². The molecule has 1 heterocycles. The number of hydrogen-bond donors (Lipinski definition) is 0. The SMILES string of the molecule is CCC(C)c1ccc(Oc2ncc(F)cc2CCl)cc1. The molecular weight excluding hydrogens is 277 g/mol. The molecule has 2 rings (SSSR count). The summed E-state index contributed by atoms with van der Waals surface area (Å²) in [6.45, 7) is 4.34. The number of benzene rings is 1. The summed E-state index contributed by atoms with van der Waals surface area (Å²) in [5, 5.41) is 0. The Morgan fingerprint density at radius 1 is 1.30 bits per heavy atom.